The molecular formula is C43H50N6O6. The van der Waals surface area contributed by atoms with Gasteiger partial charge in [-0.2, -0.15) is 0 Å². The van der Waals surface area contributed by atoms with Crippen LogP contribution in [-0.2, 0) is 30.5 Å². The molecule has 6 N–H and O–H groups in total. The Morgan fingerprint density at radius 1 is 0.836 bits per heavy atom. The molecule has 12 heteroatoms. The predicted octanol–water partition coefficient (Wildman–Crippen LogP) is 5.87. The van der Waals surface area contributed by atoms with Crippen LogP contribution in [-0.4, -0.2) is 65.7 Å². The van der Waals surface area contributed by atoms with Crippen molar-refractivity contribution in [1.82, 2.24) is 10.2 Å². The van der Waals surface area contributed by atoms with Crippen LogP contribution in [0.3, 0.4) is 0 Å². The summed E-state index contributed by atoms with van der Waals surface area (Å²) in [5.74, 6) is -0.187. The molecule has 288 valence electrons. The molecule has 12 nitrogen and oxygen atoms in total. The second-order valence-electron chi connectivity index (χ2n) is 14.6. The Hall–Kier alpha value is -5.27. The summed E-state index contributed by atoms with van der Waals surface area (Å²) in [6.45, 7) is 2.67. The summed E-state index contributed by atoms with van der Waals surface area (Å²) in [4.78, 5) is 43.1. The van der Waals surface area contributed by atoms with Gasteiger partial charge in [-0.05, 0) is 73.2 Å². The highest BCUT2D eigenvalue weighted by Gasteiger charge is 2.50. The van der Waals surface area contributed by atoms with Crippen LogP contribution < -0.4 is 26.6 Å². The topological polar surface area (TPSA) is 158 Å². The average molecular weight is 747 g/mol. The number of rotatable bonds is 13. The van der Waals surface area contributed by atoms with Crippen molar-refractivity contribution in [2.45, 2.75) is 75.6 Å². The zero-order chi connectivity index (χ0) is 38.2. The molecule has 4 aromatic carbocycles. The first kappa shape index (κ1) is 38.0. The fourth-order valence-electron chi connectivity index (χ4n) is 7.84. The van der Waals surface area contributed by atoms with Gasteiger partial charge in [-0.25, -0.2) is 0 Å². The lowest BCUT2D eigenvalue weighted by Gasteiger charge is -2.45. The van der Waals surface area contributed by atoms with Gasteiger partial charge in [0.05, 0.1) is 36.9 Å². The minimum absolute atomic E-state index is 0.0337. The molecule has 4 aromatic rings. The number of para-hydroxylation sites is 3. The molecule has 7 rings (SSSR count). The van der Waals surface area contributed by atoms with E-state index in [0.29, 0.717) is 62.4 Å². The van der Waals surface area contributed by atoms with E-state index >= 15 is 0 Å². The van der Waals surface area contributed by atoms with Crippen LogP contribution in [0.15, 0.2) is 103 Å². The van der Waals surface area contributed by atoms with Gasteiger partial charge >= 0.3 is 0 Å². The van der Waals surface area contributed by atoms with Gasteiger partial charge in [0.2, 0.25) is 17.7 Å². The van der Waals surface area contributed by atoms with E-state index in [-0.39, 0.29) is 49.4 Å². The van der Waals surface area contributed by atoms with Gasteiger partial charge in [-0.1, -0.05) is 66.7 Å². The summed E-state index contributed by atoms with van der Waals surface area (Å²) < 4.78 is 13.3. The molecule has 3 atom stereocenters. The Bertz CT molecular complexity index is 1930. The number of nitrogens with two attached hydrogens (primary N) is 1. The summed E-state index contributed by atoms with van der Waals surface area (Å²) in [5.41, 5.74) is 10.8. The monoisotopic (exact) mass is 746 g/mol. The highest BCUT2D eigenvalue weighted by molar-refractivity contribution is 5.94. The number of benzene rings is 4. The standard InChI is InChI=1S/C43H50N6O6/c44-36-13-4-5-14-37(36)47-40(52)16-7-6-15-39(51)46-33-10-8-9-32(25-33)41-54-35(26-38(55-41)31-19-17-30(28-50)18-20-31)27-48-23-21-43(22-24-48)42(53)45-29-49(43)34-11-2-1-3-12-34/h1-5,8-14,17-20,25,35,38,41,50H,6-7,15-16,21-24,26-29,44H2,(H,45,53)(H,46,51)(H,47,52). The lowest BCUT2D eigenvalue weighted by molar-refractivity contribution is -0.253. The number of hydrogen-bond donors (Lipinski definition) is 5. The van der Waals surface area contributed by atoms with Crippen molar-refractivity contribution in [3.63, 3.8) is 0 Å². The maximum atomic E-state index is 13.3. The number of carbonyl (C=O) groups excluding carboxylic acids is 3. The molecule has 3 fully saturated rings. The zero-order valence-corrected chi connectivity index (χ0v) is 31.0. The van der Waals surface area contributed by atoms with Gasteiger partial charge in [-0.15, -0.1) is 0 Å². The lowest BCUT2D eigenvalue weighted by Crippen LogP contribution is -2.57. The van der Waals surface area contributed by atoms with Crippen molar-refractivity contribution in [3.8, 4) is 0 Å². The first-order valence-electron chi connectivity index (χ1n) is 19.2. The summed E-state index contributed by atoms with van der Waals surface area (Å²) in [6.07, 6.45) is 2.66. The van der Waals surface area contributed by atoms with Crippen LogP contribution in [0.1, 0.15) is 74.0 Å². The maximum Gasteiger partial charge on any atom is 0.247 e. The SMILES string of the molecule is Nc1ccccc1NC(=O)CCCCC(=O)Nc1cccc(C2OC(CN3CCC4(CC3)C(=O)NCN4c3ccccc3)CC(c3ccc(CO)cc3)O2)c1. The van der Waals surface area contributed by atoms with Gasteiger partial charge in [0.1, 0.15) is 5.54 Å². The van der Waals surface area contributed by atoms with E-state index < -0.39 is 11.8 Å². The van der Waals surface area contributed by atoms with Crippen LogP contribution >= 0.6 is 0 Å². The molecule has 3 aliphatic rings. The summed E-state index contributed by atoms with van der Waals surface area (Å²) in [5, 5.41) is 18.5. The second kappa shape index (κ2) is 17.5. The molecule has 3 aliphatic heterocycles. The Morgan fingerprint density at radius 2 is 1.55 bits per heavy atom. The third kappa shape index (κ3) is 9.17. The number of anilines is 4. The number of nitrogens with zero attached hydrogens (tertiary/aromatic N) is 2. The van der Waals surface area contributed by atoms with Crippen molar-refractivity contribution in [1.29, 1.82) is 0 Å². The van der Waals surface area contributed by atoms with E-state index in [0.717, 1.165) is 35.5 Å². The molecule has 0 aromatic heterocycles. The number of carbonyl (C=O) groups is 3. The minimum Gasteiger partial charge on any atom is -0.397 e. The van der Waals surface area contributed by atoms with Crippen molar-refractivity contribution in [2.24, 2.45) is 0 Å². The first-order valence-corrected chi connectivity index (χ1v) is 19.2. The van der Waals surface area contributed by atoms with E-state index in [1.54, 1.807) is 12.1 Å². The van der Waals surface area contributed by atoms with E-state index in [4.69, 9.17) is 15.2 Å². The normalized spacial score (nSPS) is 20.9. The molecular weight excluding hydrogens is 697 g/mol. The van der Waals surface area contributed by atoms with Gasteiger partial charge in [0, 0.05) is 55.8 Å². The van der Waals surface area contributed by atoms with Crippen LogP contribution in [0.2, 0.25) is 0 Å². The van der Waals surface area contributed by atoms with E-state index in [9.17, 15) is 19.5 Å². The summed E-state index contributed by atoms with van der Waals surface area (Å²) in [7, 11) is 0. The number of likely N-dealkylation sites (tertiary alicyclic amines) is 1. The summed E-state index contributed by atoms with van der Waals surface area (Å²) in [6, 6.07) is 32.6. The minimum atomic E-state index is -0.680. The van der Waals surface area contributed by atoms with Crippen molar-refractivity contribution < 1.29 is 29.0 Å². The van der Waals surface area contributed by atoms with E-state index in [1.165, 1.54) is 0 Å². The zero-order valence-electron chi connectivity index (χ0n) is 31.0. The molecule has 3 unspecified atom stereocenters. The highest BCUT2D eigenvalue weighted by atomic mass is 16.7. The molecule has 3 saturated heterocycles. The number of amides is 3. The molecule has 3 heterocycles. The van der Waals surface area contributed by atoms with Gasteiger partial charge in [0.25, 0.3) is 0 Å². The highest BCUT2D eigenvalue weighted by Crippen LogP contribution is 2.40. The number of nitrogen functional groups attached to an aromatic ring is 1. The van der Waals surface area contributed by atoms with Crippen molar-refractivity contribution in [2.75, 3.05) is 47.6 Å². The third-order valence-electron chi connectivity index (χ3n) is 10.9. The number of unbranched alkanes of at least 4 members (excludes halogenated alkanes) is 1. The van der Waals surface area contributed by atoms with E-state index in [2.05, 4.69) is 37.9 Å². The number of aliphatic hydroxyl groups is 1. The quantitative estimate of drug-likeness (QED) is 0.0834. The Labute approximate surface area is 322 Å². The number of aliphatic hydroxyl groups excluding tert-OH is 1. The predicted molar refractivity (Wildman–Crippen MR) is 212 cm³/mol. The summed E-state index contributed by atoms with van der Waals surface area (Å²) >= 11 is 0. The molecule has 0 radical (unpaired) electrons. The molecule has 3 amide bonds. The first-order chi connectivity index (χ1) is 26.8. The number of hydrogen-bond acceptors (Lipinski definition) is 9. The Morgan fingerprint density at radius 3 is 2.27 bits per heavy atom. The van der Waals surface area contributed by atoms with E-state index in [1.807, 2.05) is 78.9 Å². The second-order valence-corrected chi connectivity index (χ2v) is 14.6. The Kier molecular flexibility index (Phi) is 12.1. The largest absolute Gasteiger partial charge is 0.397 e. The van der Waals surface area contributed by atoms with Crippen LogP contribution in [0.4, 0.5) is 22.7 Å². The van der Waals surface area contributed by atoms with Gasteiger partial charge in [0.15, 0.2) is 6.29 Å². The van der Waals surface area contributed by atoms with Crippen molar-refractivity contribution >= 4 is 40.5 Å². The number of piperidine rings is 1. The van der Waals surface area contributed by atoms with Crippen LogP contribution in [0.5, 0.6) is 0 Å². The smallest absolute Gasteiger partial charge is 0.247 e. The van der Waals surface area contributed by atoms with Crippen LogP contribution in [0.25, 0.3) is 0 Å². The van der Waals surface area contributed by atoms with Gasteiger partial charge < -0.3 is 46.1 Å². The maximum absolute atomic E-state index is 13.3. The van der Waals surface area contributed by atoms with Gasteiger partial charge in [-0.3, -0.25) is 14.4 Å². The average Bonchev–Trinajstić information content (AvgIpc) is 3.52. The molecule has 55 heavy (non-hydrogen) atoms. The number of nitrogens with one attached hydrogen (secondary N) is 3. The number of ether oxygens (including phenoxy) is 2. The fourth-order valence-corrected chi connectivity index (χ4v) is 7.84. The fraction of sp³-hybridized carbons (Fsp3) is 0.372. The Balaban J connectivity index is 0.969. The molecule has 0 aliphatic carbocycles. The molecule has 1 spiro atoms. The molecule has 0 saturated carbocycles. The lowest BCUT2D eigenvalue weighted by atomic mass is 9.85. The van der Waals surface area contributed by atoms with Crippen molar-refractivity contribution in [3.05, 3.63) is 120 Å². The molecule has 0 bridgehead atoms. The third-order valence-corrected chi connectivity index (χ3v) is 10.9. The van der Waals surface area contributed by atoms with Crippen LogP contribution in [0, 0.1) is 0 Å².